The summed E-state index contributed by atoms with van der Waals surface area (Å²) in [7, 11) is 0. The minimum Gasteiger partial charge on any atom is -0.392 e. The van der Waals surface area contributed by atoms with Crippen molar-refractivity contribution in [1.82, 2.24) is 19.2 Å². The zero-order valence-corrected chi connectivity index (χ0v) is 7.94. The standard InChI is InChI=1S/C7H7N5OS/c8-5(14)4-12-7(13)11-2-1-9-3-6(11)10-12/h1-3H,4H2,(H2,8,14). The molecule has 2 rings (SSSR count). The molecule has 0 radical (unpaired) electrons. The van der Waals surface area contributed by atoms with Crippen LogP contribution in [0.2, 0.25) is 0 Å². The van der Waals surface area contributed by atoms with Gasteiger partial charge in [0.15, 0.2) is 5.65 Å². The minimum absolute atomic E-state index is 0.149. The van der Waals surface area contributed by atoms with E-state index in [1.807, 2.05) is 0 Å². The second-order valence-electron chi connectivity index (χ2n) is 2.71. The van der Waals surface area contributed by atoms with E-state index < -0.39 is 0 Å². The maximum atomic E-state index is 11.6. The zero-order valence-electron chi connectivity index (χ0n) is 7.12. The molecule has 0 bridgehead atoms. The molecule has 2 N–H and O–H groups in total. The lowest BCUT2D eigenvalue weighted by molar-refractivity contribution is 0.694. The Labute approximate surface area is 84.0 Å². The Bertz CT molecular complexity index is 542. The number of rotatable bonds is 2. The van der Waals surface area contributed by atoms with Gasteiger partial charge in [-0.25, -0.2) is 13.9 Å². The summed E-state index contributed by atoms with van der Waals surface area (Å²) in [5, 5.41) is 3.99. The van der Waals surface area contributed by atoms with Gasteiger partial charge in [0.25, 0.3) is 0 Å². The Kier molecular flexibility index (Phi) is 2.01. The summed E-state index contributed by atoms with van der Waals surface area (Å²) in [6.07, 6.45) is 4.55. The summed E-state index contributed by atoms with van der Waals surface area (Å²) in [5.74, 6) is 0. The highest BCUT2D eigenvalue weighted by molar-refractivity contribution is 7.80. The van der Waals surface area contributed by atoms with Crippen LogP contribution < -0.4 is 11.4 Å². The van der Waals surface area contributed by atoms with Crippen molar-refractivity contribution < 1.29 is 0 Å². The van der Waals surface area contributed by atoms with Crippen molar-refractivity contribution in [3.63, 3.8) is 0 Å². The van der Waals surface area contributed by atoms with Crippen LogP contribution in [-0.4, -0.2) is 24.2 Å². The van der Waals surface area contributed by atoms with Crippen LogP contribution in [0.15, 0.2) is 23.4 Å². The van der Waals surface area contributed by atoms with E-state index in [0.29, 0.717) is 5.65 Å². The molecule has 0 fully saturated rings. The topological polar surface area (TPSA) is 78.2 Å². The van der Waals surface area contributed by atoms with Gasteiger partial charge in [0.05, 0.1) is 17.7 Å². The van der Waals surface area contributed by atoms with E-state index >= 15 is 0 Å². The Hall–Kier alpha value is -1.76. The first-order valence-corrected chi connectivity index (χ1v) is 4.27. The molecular weight excluding hydrogens is 202 g/mol. The molecule has 0 aliphatic heterocycles. The summed E-state index contributed by atoms with van der Waals surface area (Å²) in [6, 6.07) is 0. The molecule has 0 unspecified atom stereocenters. The molecule has 2 aromatic heterocycles. The zero-order chi connectivity index (χ0) is 10.1. The number of hydrogen-bond acceptors (Lipinski definition) is 4. The third-order valence-electron chi connectivity index (χ3n) is 1.69. The van der Waals surface area contributed by atoms with Gasteiger partial charge < -0.3 is 5.73 Å². The van der Waals surface area contributed by atoms with Gasteiger partial charge in [-0.3, -0.25) is 4.98 Å². The van der Waals surface area contributed by atoms with E-state index in [-0.39, 0.29) is 17.2 Å². The van der Waals surface area contributed by atoms with Crippen LogP contribution in [0.25, 0.3) is 5.65 Å². The Balaban J connectivity index is 2.63. The number of nitrogens with zero attached hydrogens (tertiary/aromatic N) is 4. The lowest BCUT2D eigenvalue weighted by Gasteiger charge is -1.93. The number of nitrogens with two attached hydrogens (primary N) is 1. The second-order valence-corrected chi connectivity index (χ2v) is 3.24. The summed E-state index contributed by atoms with van der Waals surface area (Å²) in [6.45, 7) is 0.149. The molecule has 0 aliphatic rings. The molecule has 72 valence electrons. The van der Waals surface area contributed by atoms with Crippen LogP contribution in [0.4, 0.5) is 0 Å². The minimum atomic E-state index is -0.268. The van der Waals surface area contributed by atoms with E-state index in [0.717, 1.165) is 0 Å². The van der Waals surface area contributed by atoms with E-state index in [1.165, 1.54) is 21.5 Å². The molecule has 0 saturated heterocycles. The van der Waals surface area contributed by atoms with Crippen molar-refractivity contribution in [2.24, 2.45) is 5.73 Å². The monoisotopic (exact) mass is 209 g/mol. The number of hydrogen-bond donors (Lipinski definition) is 1. The predicted molar refractivity (Wildman–Crippen MR) is 54.0 cm³/mol. The lowest BCUT2D eigenvalue weighted by Crippen LogP contribution is -2.27. The normalized spacial score (nSPS) is 10.6. The first-order valence-electron chi connectivity index (χ1n) is 3.86. The Morgan fingerprint density at radius 3 is 3.07 bits per heavy atom. The van der Waals surface area contributed by atoms with Gasteiger partial charge >= 0.3 is 5.69 Å². The van der Waals surface area contributed by atoms with Gasteiger partial charge in [-0.05, 0) is 0 Å². The summed E-state index contributed by atoms with van der Waals surface area (Å²) in [5.41, 5.74) is 5.53. The fraction of sp³-hybridized carbons (Fsp3) is 0.143. The molecule has 2 aromatic rings. The van der Waals surface area contributed by atoms with Crippen LogP contribution in [0.5, 0.6) is 0 Å². The quantitative estimate of drug-likeness (QED) is 0.654. The number of fused-ring (bicyclic) bond motifs is 1. The SMILES string of the molecule is NC(=S)Cn1nc2cnccn2c1=O. The van der Waals surface area contributed by atoms with Gasteiger partial charge in [-0.1, -0.05) is 12.2 Å². The van der Waals surface area contributed by atoms with Crippen molar-refractivity contribution in [2.45, 2.75) is 6.54 Å². The Morgan fingerprint density at radius 2 is 2.43 bits per heavy atom. The molecule has 0 spiro atoms. The van der Waals surface area contributed by atoms with Gasteiger partial charge in [0, 0.05) is 12.4 Å². The van der Waals surface area contributed by atoms with Gasteiger partial charge in [-0.15, -0.1) is 5.10 Å². The van der Waals surface area contributed by atoms with Crippen LogP contribution in [0.3, 0.4) is 0 Å². The van der Waals surface area contributed by atoms with Crippen molar-refractivity contribution >= 4 is 22.9 Å². The maximum Gasteiger partial charge on any atom is 0.350 e. The predicted octanol–water partition coefficient (Wildman–Crippen LogP) is -0.823. The fourth-order valence-electron chi connectivity index (χ4n) is 1.13. The van der Waals surface area contributed by atoms with Gasteiger partial charge in [0.2, 0.25) is 0 Å². The second kappa shape index (κ2) is 3.18. The van der Waals surface area contributed by atoms with E-state index in [4.69, 9.17) is 18.0 Å². The van der Waals surface area contributed by atoms with Crippen molar-refractivity contribution in [3.8, 4) is 0 Å². The summed E-state index contributed by atoms with van der Waals surface area (Å²) in [4.78, 5) is 15.7. The molecule has 0 aliphatic carbocycles. The summed E-state index contributed by atoms with van der Waals surface area (Å²) >= 11 is 4.69. The van der Waals surface area contributed by atoms with Crippen molar-refractivity contribution in [1.29, 1.82) is 0 Å². The lowest BCUT2D eigenvalue weighted by atomic mass is 10.6. The van der Waals surface area contributed by atoms with Crippen LogP contribution in [-0.2, 0) is 6.54 Å². The third kappa shape index (κ3) is 1.37. The van der Waals surface area contributed by atoms with Gasteiger partial charge in [0.1, 0.15) is 0 Å². The average Bonchev–Trinajstić information content (AvgIpc) is 2.44. The summed E-state index contributed by atoms with van der Waals surface area (Å²) < 4.78 is 2.59. The molecule has 0 atom stereocenters. The maximum absolute atomic E-state index is 11.6. The molecule has 14 heavy (non-hydrogen) atoms. The first kappa shape index (κ1) is 8.82. The van der Waals surface area contributed by atoms with Crippen molar-refractivity contribution in [2.75, 3.05) is 0 Å². The molecule has 0 saturated carbocycles. The molecular formula is C7H7N5OS. The smallest absolute Gasteiger partial charge is 0.350 e. The highest BCUT2D eigenvalue weighted by Crippen LogP contribution is 1.91. The largest absolute Gasteiger partial charge is 0.392 e. The molecule has 0 amide bonds. The molecule has 6 nitrogen and oxygen atoms in total. The Morgan fingerprint density at radius 1 is 1.64 bits per heavy atom. The highest BCUT2D eigenvalue weighted by Gasteiger charge is 2.05. The van der Waals surface area contributed by atoms with E-state index in [1.54, 1.807) is 6.20 Å². The number of thiocarbonyl (C=S) groups is 1. The molecule has 0 aromatic carbocycles. The fourth-order valence-corrected chi connectivity index (χ4v) is 1.25. The highest BCUT2D eigenvalue weighted by atomic mass is 32.1. The van der Waals surface area contributed by atoms with Gasteiger partial charge in [-0.2, -0.15) is 0 Å². The van der Waals surface area contributed by atoms with Crippen LogP contribution in [0, 0.1) is 0 Å². The molecule has 7 heteroatoms. The first-order chi connectivity index (χ1) is 6.68. The number of aromatic nitrogens is 4. The van der Waals surface area contributed by atoms with E-state index in [9.17, 15) is 4.79 Å². The third-order valence-corrected chi connectivity index (χ3v) is 1.82. The van der Waals surface area contributed by atoms with E-state index in [2.05, 4.69) is 10.1 Å². The van der Waals surface area contributed by atoms with Crippen LogP contribution in [0.1, 0.15) is 0 Å². The average molecular weight is 209 g/mol. The molecule has 2 heterocycles. The van der Waals surface area contributed by atoms with Crippen LogP contribution >= 0.6 is 12.2 Å². The van der Waals surface area contributed by atoms with Crippen molar-refractivity contribution in [3.05, 3.63) is 29.1 Å².